The van der Waals surface area contributed by atoms with Gasteiger partial charge in [0, 0.05) is 33.4 Å². The van der Waals surface area contributed by atoms with Gasteiger partial charge in [0.05, 0.1) is 6.61 Å². The Balaban J connectivity index is 2.19. The lowest BCUT2D eigenvalue weighted by atomic mass is 9.83. The summed E-state index contributed by atoms with van der Waals surface area (Å²) in [5, 5.41) is 3.53. The zero-order valence-electron chi connectivity index (χ0n) is 11.6. The summed E-state index contributed by atoms with van der Waals surface area (Å²) >= 11 is 0. The first-order chi connectivity index (χ1) is 8.33. The lowest BCUT2D eigenvalue weighted by Crippen LogP contribution is -2.34. The molecule has 102 valence electrons. The van der Waals surface area contributed by atoms with Gasteiger partial charge in [-0.25, -0.2) is 0 Å². The number of rotatable bonds is 10. The third kappa shape index (κ3) is 5.84. The molecule has 1 N–H and O–H groups in total. The summed E-state index contributed by atoms with van der Waals surface area (Å²) in [6, 6.07) is 0. The van der Waals surface area contributed by atoms with Gasteiger partial charge in [-0.3, -0.25) is 0 Å². The van der Waals surface area contributed by atoms with Crippen molar-refractivity contribution in [1.29, 1.82) is 0 Å². The van der Waals surface area contributed by atoms with Crippen molar-refractivity contribution in [3.8, 4) is 0 Å². The van der Waals surface area contributed by atoms with Crippen molar-refractivity contribution >= 4 is 0 Å². The molecule has 0 heterocycles. The molecular formula is C14H29NO2. The average Bonchev–Trinajstić information content (AvgIpc) is 2.80. The first-order valence-electron chi connectivity index (χ1n) is 7.10. The van der Waals surface area contributed by atoms with Crippen LogP contribution in [0.3, 0.4) is 0 Å². The molecule has 0 radical (unpaired) electrons. The van der Waals surface area contributed by atoms with Gasteiger partial charge in [-0.15, -0.1) is 0 Å². The quantitative estimate of drug-likeness (QED) is 0.598. The molecule has 0 atom stereocenters. The molecule has 1 rings (SSSR count). The van der Waals surface area contributed by atoms with Crippen LogP contribution in [0, 0.1) is 5.41 Å². The highest BCUT2D eigenvalue weighted by atomic mass is 16.5. The standard InChI is InChI=1S/C14H29NO2/c1-3-10-17-11-8-14(6-4-5-7-14)13-15-9-12-16-2/h15H,3-13H2,1-2H3. The maximum absolute atomic E-state index is 5.64. The molecule has 0 aromatic carbocycles. The fourth-order valence-electron chi connectivity index (χ4n) is 2.70. The summed E-state index contributed by atoms with van der Waals surface area (Å²) in [6.45, 7) is 6.91. The van der Waals surface area contributed by atoms with Crippen LogP contribution in [0.25, 0.3) is 0 Å². The van der Waals surface area contributed by atoms with E-state index in [1.54, 1.807) is 7.11 Å². The van der Waals surface area contributed by atoms with Crippen molar-refractivity contribution in [2.45, 2.75) is 45.4 Å². The van der Waals surface area contributed by atoms with Crippen LogP contribution in [0.15, 0.2) is 0 Å². The SMILES string of the molecule is CCCOCCC1(CNCCOC)CCCC1. The van der Waals surface area contributed by atoms with E-state index < -0.39 is 0 Å². The normalized spacial score (nSPS) is 18.7. The van der Waals surface area contributed by atoms with Crippen LogP contribution in [0.1, 0.15) is 45.4 Å². The monoisotopic (exact) mass is 243 g/mol. The van der Waals surface area contributed by atoms with E-state index in [1.807, 2.05) is 0 Å². The van der Waals surface area contributed by atoms with Crippen LogP contribution in [0.5, 0.6) is 0 Å². The number of hydrogen-bond acceptors (Lipinski definition) is 3. The second kappa shape index (κ2) is 8.90. The number of nitrogens with one attached hydrogen (secondary N) is 1. The van der Waals surface area contributed by atoms with E-state index in [4.69, 9.17) is 9.47 Å². The molecule has 1 fully saturated rings. The van der Waals surface area contributed by atoms with Gasteiger partial charge in [0.25, 0.3) is 0 Å². The third-order valence-corrected chi connectivity index (χ3v) is 3.77. The molecule has 0 amide bonds. The summed E-state index contributed by atoms with van der Waals surface area (Å²) in [5.41, 5.74) is 0.501. The van der Waals surface area contributed by atoms with Gasteiger partial charge in [-0.05, 0) is 31.1 Å². The molecule has 0 unspecified atom stereocenters. The van der Waals surface area contributed by atoms with Crippen molar-refractivity contribution in [3.05, 3.63) is 0 Å². The fraction of sp³-hybridized carbons (Fsp3) is 1.00. The molecule has 1 saturated carbocycles. The van der Waals surface area contributed by atoms with Gasteiger partial charge < -0.3 is 14.8 Å². The maximum atomic E-state index is 5.64. The number of methoxy groups -OCH3 is 1. The number of ether oxygens (including phenoxy) is 2. The molecule has 0 spiro atoms. The Bertz CT molecular complexity index is 165. The van der Waals surface area contributed by atoms with E-state index in [1.165, 1.54) is 32.1 Å². The average molecular weight is 243 g/mol. The molecule has 3 heteroatoms. The second-order valence-electron chi connectivity index (χ2n) is 5.24. The van der Waals surface area contributed by atoms with Crippen LogP contribution in [-0.4, -0.2) is 40.0 Å². The molecule has 17 heavy (non-hydrogen) atoms. The van der Waals surface area contributed by atoms with Crippen LogP contribution < -0.4 is 5.32 Å². The minimum atomic E-state index is 0.501. The van der Waals surface area contributed by atoms with E-state index in [-0.39, 0.29) is 0 Å². The molecule has 0 bridgehead atoms. The van der Waals surface area contributed by atoms with Crippen LogP contribution >= 0.6 is 0 Å². The third-order valence-electron chi connectivity index (χ3n) is 3.77. The van der Waals surface area contributed by atoms with Crippen molar-refractivity contribution in [3.63, 3.8) is 0 Å². The zero-order chi connectivity index (χ0) is 12.4. The maximum Gasteiger partial charge on any atom is 0.0587 e. The minimum absolute atomic E-state index is 0.501. The predicted molar refractivity (Wildman–Crippen MR) is 71.4 cm³/mol. The van der Waals surface area contributed by atoms with Crippen LogP contribution in [-0.2, 0) is 9.47 Å². The molecule has 1 aliphatic carbocycles. The van der Waals surface area contributed by atoms with Gasteiger partial charge in [-0.2, -0.15) is 0 Å². The van der Waals surface area contributed by atoms with Crippen LogP contribution in [0.4, 0.5) is 0 Å². The zero-order valence-corrected chi connectivity index (χ0v) is 11.6. The summed E-state index contributed by atoms with van der Waals surface area (Å²) < 4.78 is 10.7. The van der Waals surface area contributed by atoms with E-state index in [0.717, 1.165) is 39.3 Å². The highest BCUT2D eigenvalue weighted by Gasteiger charge is 2.32. The van der Waals surface area contributed by atoms with Gasteiger partial charge in [0.1, 0.15) is 0 Å². The van der Waals surface area contributed by atoms with Crippen molar-refractivity contribution < 1.29 is 9.47 Å². The largest absolute Gasteiger partial charge is 0.383 e. The Morgan fingerprint density at radius 2 is 1.88 bits per heavy atom. The van der Waals surface area contributed by atoms with E-state index >= 15 is 0 Å². The smallest absolute Gasteiger partial charge is 0.0587 e. The molecule has 0 aromatic rings. The Labute approximate surface area is 106 Å². The molecule has 1 aliphatic rings. The molecular weight excluding hydrogens is 214 g/mol. The molecule has 0 aliphatic heterocycles. The summed E-state index contributed by atoms with van der Waals surface area (Å²) in [7, 11) is 1.76. The lowest BCUT2D eigenvalue weighted by Gasteiger charge is -2.29. The lowest BCUT2D eigenvalue weighted by molar-refractivity contribution is 0.0931. The summed E-state index contributed by atoms with van der Waals surface area (Å²) in [6.07, 6.45) is 7.84. The van der Waals surface area contributed by atoms with Gasteiger partial charge in [0.15, 0.2) is 0 Å². The highest BCUT2D eigenvalue weighted by molar-refractivity contribution is 4.86. The molecule has 0 saturated heterocycles. The molecule has 0 aromatic heterocycles. The van der Waals surface area contributed by atoms with Crippen molar-refractivity contribution in [2.75, 3.05) is 40.0 Å². The van der Waals surface area contributed by atoms with Gasteiger partial charge in [-0.1, -0.05) is 19.8 Å². The minimum Gasteiger partial charge on any atom is -0.383 e. The molecule has 3 nitrogen and oxygen atoms in total. The fourth-order valence-corrected chi connectivity index (χ4v) is 2.70. The second-order valence-corrected chi connectivity index (χ2v) is 5.24. The first-order valence-corrected chi connectivity index (χ1v) is 7.10. The Morgan fingerprint density at radius 1 is 1.12 bits per heavy atom. The van der Waals surface area contributed by atoms with Crippen molar-refractivity contribution in [2.24, 2.45) is 5.41 Å². The first kappa shape index (κ1) is 14.9. The van der Waals surface area contributed by atoms with Gasteiger partial charge in [0.2, 0.25) is 0 Å². The van der Waals surface area contributed by atoms with E-state index in [9.17, 15) is 0 Å². The van der Waals surface area contributed by atoms with Crippen molar-refractivity contribution in [1.82, 2.24) is 5.32 Å². The predicted octanol–water partition coefficient (Wildman–Crippen LogP) is 2.60. The Morgan fingerprint density at radius 3 is 2.53 bits per heavy atom. The Hall–Kier alpha value is -0.120. The van der Waals surface area contributed by atoms with Gasteiger partial charge >= 0.3 is 0 Å². The topological polar surface area (TPSA) is 30.5 Å². The summed E-state index contributed by atoms with van der Waals surface area (Å²) in [5.74, 6) is 0. The van der Waals surface area contributed by atoms with E-state index in [2.05, 4.69) is 12.2 Å². The van der Waals surface area contributed by atoms with Crippen LogP contribution in [0.2, 0.25) is 0 Å². The highest BCUT2D eigenvalue weighted by Crippen LogP contribution is 2.40. The Kier molecular flexibility index (Phi) is 7.82. The summed E-state index contributed by atoms with van der Waals surface area (Å²) in [4.78, 5) is 0. The number of hydrogen-bond donors (Lipinski definition) is 1. The van der Waals surface area contributed by atoms with E-state index in [0.29, 0.717) is 5.41 Å².